The van der Waals surface area contributed by atoms with E-state index < -0.39 is 0 Å². The summed E-state index contributed by atoms with van der Waals surface area (Å²) in [5.41, 5.74) is 1.46. The highest BCUT2D eigenvalue weighted by molar-refractivity contribution is 6.31. The van der Waals surface area contributed by atoms with Gasteiger partial charge in [0.2, 0.25) is 0 Å². The van der Waals surface area contributed by atoms with Gasteiger partial charge in [-0.05, 0) is 17.0 Å². The maximum Gasteiger partial charge on any atom is 0.153 e. The SMILES string of the molecule is CC(C)(C)c1cnc(Cl)c(C=O)c1. The first-order valence-electron chi connectivity index (χ1n) is 4.06. The lowest BCUT2D eigenvalue weighted by Gasteiger charge is -2.18. The molecule has 0 N–H and O–H groups in total. The van der Waals surface area contributed by atoms with Gasteiger partial charge in [0.15, 0.2) is 6.29 Å². The Kier molecular flexibility index (Phi) is 2.71. The molecular formula is C10H12ClNO. The quantitative estimate of drug-likeness (QED) is 0.512. The molecule has 1 rings (SSSR count). The lowest BCUT2D eigenvalue weighted by Crippen LogP contribution is -2.12. The number of hydrogen-bond acceptors (Lipinski definition) is 2. The number of aromatic nitrogens is 1. The second-order valence-electron chi connectivity index (χ2n) is 3.97. The van der Waals surface area contributed by atoms with E-state index in [9.17, 15) is 4.79 Å². The first-order chi connectivity index (χ1) is 5.95. The van der Waals surface area contributed by atoms with Crippen molar-refractivity contribution in [3.63, 3.8) is 0 Å². The summed E-state index contributed by atoms with van der Waals surface area (Å²) in [7, 11) is 0. The largest absolute Gasteiger partial charge is 0.298 e. The predicted molar refractivity (Wildman–Crippen MR) is 53.3 cm³/mol. The van der Waals surface area contributed by atoms with Gasteiger partial charge in [0.25, 0.3) is 0 Å². The summed E-state index contributed by atoms with van der Waals surface area (Å²) < 4.78 is 0. The number of rotatable bonds is 1. The molecule has 1 heterocycles. The molecule has 13 heavy (non-hydrogen) atoms. The molecule has 0 aliphatic heterocycles. The maximum absolute atomic E-state index is 10.6. The van der Waals surface area contributed by atoms with Crippen molar-refractivity contribution in [2.75, 3.05) is 0 Å². The molecule has 0 saturated carbocycles. The van der Waals surface area contributed by atoms with Gasteiger partial charge in [-0.3, -0.25) is 4.79 Å². The van der Waals surface area contributed by atoms with Crippen LogP contribution in [-0.4, -0.2) is 11.3 Å². The molecule has 0 aromatic carbocycles. The Balaban J connectivity index is 3.21. The molecular weight excluding hydrogens is 186 g/mol. The molecule has 0 unspecified atom stereocenters. The Bertz CT molecular complexity index is 328. The molecule has 3 heteroatoms. The molecule has 0 spiro atoms. The summed E-state index contributed by atoms with van der Waals surface area (Å²) in [6.45, 7) is 6.19. The summed E-state index contributed by atoms with van der Waals surface area (Å²) >= 11 is 5.70. The van der Waals surface area contributed by atoms with Crippen molar-refractivity contribution < 1.29 is 4.79 Å². The molecule has 0 aliphatic rings. The van der Waals surface area contributed by atoms with Gasteiger partial charge in [0.05, 0.1) is 5.56 Å². The zero-order chi connectivity index (χ0) is 10.1. The van der Waals surface area contributed by atoms with Crippen molar-refractivity contribution in [2.24, 2.45) is 0 Å². The van der Waals surface area contributed by atoms with Crippen molar-refractivity contribution in [1.29, 1.82) is 0 Å². The molecule has 2 nitrogen and oxygen atoms in total. The van der Waals surface area contributed by atoms with Gasteiger partial charge >= 0.3 is 0 Å². The Hall–Kier alpha value is -0.890. The maximum atomic E-state index is 10.6. The van der Waals surface area contributed by atoms with Crippen molar-refractivity contribution in [3.8, 4) is 0 Å². The normalized spacial score (nSPS) is 11.4. The third-order valence-electron chi connectivity index (χ3n) is 1.86. The number of halogens is 1. The molecule has 70 valence electrons. The third kappa shape index (κ3) is 2.28. The van der Waals surface area contributed by atoms with Crippen LogP contribution in [0.1, 0.15) is 36.7 Å². The van der Waals surface area contributed by atoms with Crippen LogP contribution in [0.2, 0.25) is 5.15 Å². The Morgan fingerprint density at radius 3 is 2.54 bits per heavy atom. The van der Waals surface area contributed by atoms with Crippen LogP contribution in [0.3, 0.4) is 0 Å². The average molecular weight is 198 g/mol. The number of carbonyl (C=O) groups is 1. The monoisotopic (exact) mass is 197 g/mol. The fourth-order valence-corrected chi connectivity index (χ4v) is 1.11. The van der Waals surface area contributed by atoms with Crippen molar-refractivity contribution >= 4 is 17.9 Å². The highest BCUT2D eigenvalue weighted by Gasteiger charge is 2.15. The molecule has 0 bridgehead atoms. The summed E-state index contributed by atoms with van der Waals surface area (Å²) in [4.78, 5) is 14.5. The van der Waals surface area contributed by atoms with Gasteiger partial charge in [-0.15, -0.1) is 0 Å². The fourth-order valence-electron chi connectivity index (χ4n) is 0.958. The molecule has 0 aliphatic carbocycles. The van der Waals surface area contributed by atoms with Crippen LogP contribution in [0.15, 0.2) is 12.3 Å². The number of hydrogen-bond donors (Lipinski definition) is 0. The highest BCUT2D eigenvalue weighted by Crippen LogP contribution is 2.23. The first kappa shape index (κ1) is 10.2. The molecule has 0 radical (unpaired) electrons. The van der Waals surface area contributed by atoms with E-state index in [-0.39, 0.29) is 10.6 Å². The highest BCUT2D eigenvalue weighted by atomic mass is 35.5. The zero-order valence-corrected chi connectivity index (χ0v) is 8.72. The molecule has 0 fully saturated rings. The number of pyridine rings is 1. The average Bonchev–Trinajstić information content (AvgIpc) is 2.03. The van der Waals surface area contributed by atoms with Crippen LogP contribution in [0, 0.1) is 0 Å². The Morgan fingerprint density at radius 1 is 1.46 bits per heavy atom. The number of aldehydes is 1. The van der Waals surface area contributed by atoms with Crippen molar-refractivity contribution in [2.45, 2.75) is 26.2 Å². The van der Waals surface area contributed by atoms with Crippen molar-refractivity contribution in [1.82, 2.24) is 4.98 Å². The molecule has 0 amide bonds. The fraction of sp³-hybridized carbons (Fsp3) is 0.400. The van der Waals surface area contributed by atoms with Crippen LogP contribution in [0.4, 0.5) is 0 Å². The van der Waals surface area contributed by atoms with Gasteiger partial charge < -0.3 is 0 Å². The van der Waals surface area contributed by atoms with E-state index in [0.29, 0.717) is 5.56 Å². The lowest BCUT2D eigenvalue weighted by molar-refractivity contribution is 0.112. The van der Waals surface area contributed by atoms with Crippen LogP contribution in [-0.2, 0) is 5.41 Å². The second kappa shape index (κ2) is 3.46. The second-order valence-corrected chi connectivity index (χ2v) is 4.33. The summed E-state index contributed by atoms with van der Waals surface area (Å²) in [6.07, 6.45) is 2.43. The topological polar surface area (TPSA) is 30.0 Å². The minimum atomic E-state index is -0.00461. The number of nitrogens with zero attached hydrogens (tertiary/aromatic N) is 1. The molecule has 0 atom stereocenters. The predicted octanol–water partition coefficient (Wildman–Crippen LogP) is 2.85. The summed E-state index contributed by atoms with van der Waals surface area (Å²) in [5.74, 6) is 0. The van der Waals surface area contributed by atoms with E-state index in [4.69, 9.17) is 11.6 Å². The van der Waals surface area contributed by atoms with Gasteiger partial charge in [-0.2, -0.15) is 0 Å². The van der Waals surface area contributed by atoms with E-state index in [0.717, 1.165) is 11.8 Å². The Morgan fingerprint density at radius 2 is 2.08 bits per heavy atom. The molecule has 1 aromatic rings. The van der Waals surface area contributed by atoms with E-state index in [1.165, 1.54) is 0 Å². The minimum absolute atomic E-state index is 0.00461. The van der Waals surface area contributed by atoms with Crippen molar-refractivity contribution in [3.05, 3.63) is 28.5 Å². The van der Waals surface area contributed by atoms with Crippen LogP contribution in [0.5, 0.6) is 0 Å². The summed E-state index contributed by atoms with van der Waals surface area (Å²) in [5, 5.41) is 0.267. The first-order valence-corrected chi connectivity index (χ1v) is 4.44. The van der Waals surface area contributed by atoms with Crippen LogP contribution < -0.4 is 0 Å². The van der Waals surface area contributed by atoms with E-state index in [2.05, 4.69) is 25.8 Å². The van der Waals surface area contributed by atoms with Gasteiger partial charge in [-0.1, -0.05) is 32.4 Å². The van der Waals surface area contributed by atoms with Crippen LogP contribution in [0.25, 0.3) is 0 Å². The minimum Gasteiger partial charge on any atom is -0.298 e. The van der Waals surface area contributed by atoms with Gasteiger partial charge in [-0.25, -0.2) is 4.98 Å². The van der Waals surface area contributed by atoms with E-state index in [1.54, 1.807) is 12.3 Å². The van der Waals surface area contributed by atoms with E-state index >= 15 is 0 Å². The standard InChI is InChI=1S/C10H12ClNO/c1-10(2,3)8-4-7(6-13)9(11)12-5-8/h4-6H,1-3H3. The summed E-state index contributed by atoms with van der Waals surface area (Å²) in [6, 6.07) is 1.78. The lowest BCUT2D eigenvalue weighted by atomic mass is 9.88. The molecule has 0 saturated heterocycles. The van der Waals surface area contributed by atoms with Gasteiger partial charge in [0, 0.05) is 6.20 Å². The van der Waals surface area contributed by atoms with Gasteiger partial charge in [0.1, 0.15) is 5.15 Å². The molecule has 1 aromatic heterocycles. The van der Waals surface area contributed by atoms with Crippen LogP contribution >= 0.6 is 11.6 Å². The smallest absolute Gasteiger partial charge is 0.153 e. The zero-order valence-electron chi connectivity index (χ0n) is 7.97. The van der Waals surface area contributed by atoms with E-state index in [1.807, 2.05) is 0 Å². The number of carbonyl (C=O) groups excluding carboxylic acids is 1. The third-order valence-corrected chi connectivity index (χ3v) is 2.17. The Labute approximate surface area is 82.9 Å².